The fourth-order valence-electron chi connectivity index (χ4n) is 3.44. The van der Waals surface area contributed by atoms with Gasteiger partial charge in [0.25, 0.3) is 5.91 Å². The largest absolute Gasteiger partial charge is 0.344 e. The highest BCUT2D eigenvalue weighted by molar-refractivity contribution is 7.80. The van der Waals surface area contributed by atoms with Crippen LogP contribution in [-0.4, -0.2) is 27.6 Å². The molecule has 134 valence electrons. The second-order valence-electron chi connectivity index (χ2n) is 7.22. The molecule has 3 amide bonds. The van der Waals surface area contributed by atoms with Crippen LogP contribution in [0.2, 0.25) is 0 Å². The number of carbonyl (C=O) groups is 2. The van der Waals surface area contributed by atoms with Crippen molar-refractivity contribution < 1.29 is 9.59 Å². The van der Waals surface area contributed by atoms with Gasteiger partial charge in [0, 0.05) is 5.69 Å². The Kier molecular flexibility index (Phi) is 4.69. The zero-order chi connectivity index (χ0) is 18.2. The van der Waals surface area contributed by atoms with E-state index in [0.29, 0.717) is 18.8 Å². The number of imide groups is 1. The van der Waals surface area contributed by atoms with E-state index >= 15 is 0 Å². The first-order valence-corrected chi connectivity index (χ1v) is 9.03. The maximum absolute atomic E-state index is 12.8. The summed E-state index contributed by atoms with van der Waals surface area (Å²) in [4.78, 5) is 25.1. The molecule has 0 unspecified atom stereocenters. The van der Waals surface area contributed by atoms with Gasteiger partial charge in [-0.3, -0.25) is 10.2 Å². The molecular weight excluding hydrogens is 336 g/mol. The topological polar surface area (TPSA) is 73.5 Å². The maximum Gasteiger partial charge on any atom is 0.344 e. The van der Waals surface area contributed by atoms with E-state index in [-0.39, 0.29) is 11.0 Å². The number of urea groups is 1. The van der Waals surface area contributed by atoms with Crippen LogP contribution in [0.15, 0.2) is 18.2 Å². The lowest BCUT2D eigenvalue weighted by Crippen LogP contribution is -2.52. The number of nitrogens with one attached hydrogen (secondary N) is 3. The first kappa shape index (κ1) is 17.7. The highest BCUT2D eigenvalue weighted by Gasteiger charge is 2.52. The molecule has 3 N–H and O–H groups in total. The number of rotatable bonds is 2. The number of hydrogen-bond donors (Lipinski definition) is 3. The lowest BCUT2D eigenvalue weighted by atomic mass is 9.77. The van der Waals surface area contributed by atoms with Gasteiger partial charge in [-0.2, -0.15) is 5.01 Å². The van der Waals surface area contributed by atoms with E-state index in [1.165, 1.54) is 0 Å². The molecule has 1 aromatic carbocycles. The van der Waals surface area contributed by atoms with Crippen LogP contribution in [0.3, 0.4) is 0 Å². The fourth-order valence-corrected chi connectivity index (χ4v) is 3.64. The molecule has 1 aromatic rings. The average Bonchev–Trinajstić information content (AvgIpc) is 2.78. The second-order valence-corrected chi connectivity index (χ2v) is 7.63. The summed E-state index contributed by atoms with van der Waals surface area (Å²) in [5, 5.41) is 7.16. The second kappa shape index (κ2) is 6.63. The van der Waals surface area contributed by atoms with Crippen molar-refractivity contribution in [2.45, 2.75) is 52.0 Å². The molecule has 0 aromatic heterocycles. The van der Waals surface area contributed by atoms with Crippen molar-refractivity contribution in [1.82, 2.24) is 15.8 Å². The summed E-state index contributed by atoms with van der Waals surface area (Å²) in [6.45, 7) is 6.13. The summed E-state index contributed by atoms with van der Waals surface area (Å²) in [5.41, 5.74) is 4.96. The number of hydrazine groups is 1. The van der Waals surface area contributed by atoms with E-state index in [1.807, 2.05) is 32.0 Å². The molecule has 1 saturated carbocycles. The zero-order valence-electron chi connectivity index (χ0n) is 14.8. The van der Waals surface area contributed by atoms with Crippen LogP contribution in [0.1, 0.15) is 43.7 Å². The predicted molar refractivity (Wildman–Crippen MR) is 101 cm³/mol. The zero-order valence-corrected chi connectivity index (χ0v) is 15.6. The molecular formula is C18H24N4O2S. The van der Waals surface area contributed by atoms with Crippen molar-refractivity contribution in [3.8, 4) is 0 Å². The van der Waals surface area contributed by atoms with Gasteiger partial charge in [0.1, 0.15) is 5.54 Å². The lowest BCUT2D eigenvalue weighted by Gasteiger charge is -2.33. The Bertz CT molecular complexity index is 726. The molecule has 1 saturated heterocycles. The summed E-state index contributed by atoms with van der Waals surface area (Å²) < 4.78 is 0. The van der Waals surface area contributed by atoms with Crippen molar-refractivity contribution in [2.24, 2.45) is 5.92 Å². The number of benzene rings is 1. The van der Waals surface area contributed by atoms with Crippen molar-refractivity contribution in [2.75, 3.05) is 5.32 Å². The Hall–Kier alpha value is -2.15. The summed E-state index contributed by atoms with van der Waals surface area (Å²) in [5.74, 6) is 0.346. The number of hydrogen-bond acceptors (Lipinski definition) is 3. The molecule has 0 radical (unpaired) electrons. The molecule has 3 rings (SSSR count). The molecule has 2 fully saturated rings. The summed E-state index contributed by atoms with van der Waals surface area (Å²) in [6.07, 6.45) is 3.22. The first-order valence-electron chi connectivity index (χ1n) is 8.62. The number of carbonyl (C=O) groups excluding carboxylic acids is 2. The Morgan fingerprint density at radius 3 is 2.64 bits per heavy atom. The van der Waals surface area contributed by atoms with Crippen molar-refractivity contribution >= 4 is 35.0 Å². The molecule has 1 aliphatic heterocycles. The third kappa shape index (κ3) is 3.46. The van der Waals surface area contributed by atoms with Gasteiger partial charge in [-0.1, -0.05) is 19.1 Å². The molecule has 1 aliphatic carbocycles. The van der Waals surface area contributed by atoms with Gasteiger partial charge in [-0.25, -0.2) is 4.79 Å². The van der Waals surface area contributed by atoms with Crippen LogP contribution < -0.4 is 16.1 Å². The number of nitrogens with zero attached hydrogens (tertiary/aromatic N) is 1. The monoisotopic (exact) mass is 360 g/mol. The van der Waals surface area contributed by atoms with Gasteiger partial charge in [0.05, 0.1) is 0 Å². The van der Waals surface area contributed by atoms with E-state index in [0.717, 1.165) is 34.7 Å². The van der Waals surface area contributed by atoms with E-state index in [1.54, 1.807) is 0 Å². The Labute approximate surface area is 153 Å². The molecule has 0 bridgehead atoms. The van der Waals surface area contributed by atoms with E-state index < -0.39 is 11.6 Å². The Morgan fingerprint density at radius 1 is 1.28 bits per heavy atom. The molecule has 1 heterocycles. The quantitative estimate of drug-likeness (QED) is 0.558. The van der Waals surface area contributed by atoms with Gasteiger partial charge < -0.3 is 10.6 Å². The summed E-state index contributed by atoms with van der Waals surface area (Å²) in [7, 11) is 0. The van der Waals surface area contributed by atoms with Crippen molar-refractivity contribution in [3.05, 3.63) is 29.3 Å². The summed E-state index contributed by atoms with van der Waals surface area (Å²) >= 11 is 5.29. The van der Waals surface area contributed by atoms with Gasteiger partial charge >= 0.3 is 6.03 Å². The Balaban J connectivity index is 1.68. The van der Waals surface area contributed by atoms with Crippen LogP contribution >= 0.6 is 12.2 Å². The first-order chi connectivity index (χ1) is 11.8. The van der Waals surface area contributed by atoms with Crippen LogP contribution in [0, 0.1) is 19.8 Å². The highest BCUT2D eigenvalue weighted by atomic mass is 32.1. The predicted octanol–water partition coefficient (Wildman–Crippen LogP) is 3.01. The Morgan fingerprint density at radius 2 is 1.96 bits per heavy atom. The standard InChI is InChI=1S/C18H24N4O2S/c1-11-6-8-18(9-7-11)15(23)22(17(24)20-18)21-16(25)19-14-10-12(2)4-5-13(14)3/h4-5,10-11H,6-9H2,1-3H3,(H,20,24)(H2,19,21,25). The highest BCUT2D eigenvalue weighted by Crippen LogP contribution is 2.35. The number of amides is 3. The molecule has 2 aliphatic rings. The van der Waals surface area contributed by atoms with Gasteiger partial charge in [-0.15, -0.1) is 0 Å². The average molecular weight is 360 g/mol. The fraction of sp³-hybridized carbons (Fsp3) is 0.500. The molecule has 1 spiro atoms. The van der Waals surface area contributed by atoms with Crippen LogP contribution in [0.25, 0.3) is 0 Å². The number of aryl methyl sites for hydroxylation is 2. The normalized spacial score (nSPS) is 25.9. The summed E-state index contributed by atoms with van der Waals surface area (Å²) in [6, 6.07) is 5.54. The third-order valence-electron chi connectivity index (χ3n) is 5.14. The van der Waals surface area contributed by atoms with Crippen molar-refractivity contribution in [1.29, 1.82) is 0 Å². The van der Waals surface area contributed by atoms with Crippen LogP contribution in [0.4, 0.5) is 10.5 Å². The van der Waals surface area contributed by atoms with E-state index in [4.69, 9.17) is 12.2 Å². The van der Waals surface area contributed by atoms with Crippen LogP contribution in [0.5, 0.6) is 0 Å². The molecule has 0 atom stereocenters. The minimum atomic E-state index is -0.772. The smallest absolute Gasteiger partial charge is 0.331 e. The maximum atomic E-state index is 12.8. The van der Waals surface area contributed by atoms with Crippen molar-refractivity contribution in [3.63, 3.8) is 0 Å². The number of thiocarbonyl (C=S) groups is 1. The van der Waals surface area contributed by atoms with Gasteiger partial charge in [-0.05, 0) is 74.9 Å². The molecule has 25 heavy (non-hydrogen) atoms. The van der Waals surface area contributed by atoms with E-state index in [2.05, 4.69) is 23.0 Å². The van der Waals surface area contributed by atoms with Gasteiger partial charge in [0.2, 0.25) is 0 Å². The SMILES string of the molecule is Cc1ccc(C)c(NC(=S)NN2C(=O)NC3(CCC(C)CC3)C2=O)c1. The van der Waals surface area contributed by atoms with Crippen LogP contribution in [-0.2, 0) is 4.79 Å². The molecule has 7 heteroatoms. The van der Waals surface area contributed by atoms with E-state index in [9.17, 15) is 9.59 Å². The molecule has 6 nitrogen and oxygen atoms in total. The minimum Gasteiger partial charge on any atom is -0.331 e. The number of anilines is 1. The van der Waals surface area contributed by atoms with Gasteiger partial charge in [0.15, 0.2) is 5.11 Å². The lowest BCUT2D eigenvalue weighted by molar-refractivity contribution is -0.133. The third-order valence-corrected chi connectivity index (χ3v) is 5.34. The minimum absolute atomic E-state index is 0.221.